The van der Waals surface area contributed by atoms with Crippen molar-refractivity contribution in [3.05, 3.63) is 71.5 Å². The van der Waals surface area contributed by atoms with E-state index >= 15 is 0 Å². The van der Waals surface area contributed by atoms with Gasteiger partial charge in [-0.1, -0.05) is 42.5 Å². The molecule has 144 valence electrons. The Morgan fingerprint density at radius 3 is 2.67 bits per heavy atom. The lowest BCUT2D eigenvalue weighted by molar-refractivity contribution is -0.156. The molecule has 0 aromatic heterocycles. The van der Waals surface area contributed by atoms with Crippen LogP contribution in [0.4, 0.5) is 4.39 Å². The Balaban J connectivity index is 1.48. The lowest BCUT2D eigenvalue weighted by Gasteiger charge is -2.38. The fraction of sp³-hybridized carbons (Fsp3) is 0.409. The summed E-state index contributed by atoms with van der Waals surface area (Å²) in [7, 11) is 0. The zero-order valence-electron chi connectivity index (χ0n) is 15.5. The molecule has 2 N–H and O–H groups in total. The van der Waals surface area contributed by atoms with E-state index in [0.29, 0.717) is 26.1 Å². The van der Waals surface area contributed by atoms with Crippen LogP contribution in [0.5, 0.6) is 0 Å². The number of benzene rings is 2. The molecule has 27 heavy (non-hydrogen) atoms. The molecule has 1 saturated heterocycles. The first kappa shape index (κ1) is 19.5. The first-order chi connectivity index (χ1) is 13.1. The Morgan fingerprint density at radius 1 is 1.11 bits per heavy atom. The summed E-state index contributed by atoms with van der Waals surface area (Å²) in [5.41, 5.74) is 0.675. The van der Waals surface area contributed by atoms with Crippen LogP contribution in [0.25, 0.3) is 0 Å². The molecule has 1 atom stereocenters. The number of nitrogens with one attached hydrogen (secondary N) is 1. The van der Waals surface area contributed by atoms with E-state index < -0.39 is 5.60 Å². The topological polar surface area (TPSA) is 52.6 Å². The van der Waals surface area contributed by atoms with Crippen molar-refractivity contribution in [3.8, 4) is 0 Å². The minimum absolute atomic E-state index is 0.178. The number of hydrogen-bond acceptors (Lipinski definition) is 3. The number of likely N-dealkylation sites (tertiary alicyclic amines) is 1. The van der Waals surface area contributed by atoms with Crippen LogP contribution in [0.15, 0.2) is 54.6 Å². The van der Waals surface area contributed by atoms with E-state index in [2.05, 4.69) is 17.4 Å². The molecule has 5 heteroatoms. The van der Waals surface area contributed by atoms with Crippen LogP contribution in [-0.2, 0) is 17.8 Å². The molecule has 0 radical (unpaired) electrons. The highest BCUT2D eigenvalue weighted by molar-refractivity contribution is 5.86. The van der Waals surface area contributed by atoms with Gasteiger partial charge in [0.25, 0.3) is 5.91 Å². The highest BCUT2D eigenvalue weighted by Crippen LogP contribution is 2.23. The largest absolute Gasteiger partial charge is 0.379 e. The lowest BCUT2D eigenvalue weighted by Crippen LogP contribution is -2.58. The monoisotopic (exact) mass is 370 g/mol. The summed E-state index contributed by atoms with van der Waals surface area (Å²) in [5.74, 6) is -0.486. The van der Waals surface area contributed by atoms with Gasteiger partial charge in [-0.25, -0.2) is 4.39 Å². The molecule has 0 saturated carbocycles. The maximum Gasteiger partial charge on any atom is 0.255 e. The fourth-order valence-electron chi connectivity index (χ4n) is 3.62. The second-order valence-corrected chi connectivity index (χ2v) is 7.25. The SMILES string of the molecule is O=C1N(CCCc2ccccc2)CCC[C@@]1(O)CNCc1cccc(F)c1. The lowest BCUT2D eigenvalue weighted by atomic mass is 9.91. The van der Waals surface area contributed by atoms with Gasteiger partial charge in [0.1, 0.15) is 5.82 Å². The third kappa shape index (κ3) is 5.37. The number of aliphatic hydroxyl groups is 1. The summed E-state index contributed by atoms with van der Waals surface area (Å²) < 4.78 is 13.2. The van der Waals surface area contributed by atoms with Crippen molar-refractivity contribution >= 4 is 5.91 Å². The number of amides is 1. The van der Waals surface area contributed by atoms with Crippen molar-refractivity contribution < 1.29 is 14.3 Å². The maximum absolute atomic E-state index is 13.2. The van der Waals surface area contributed by atoms with Gasteiger partial charge >= 0.3 is 0 Å². The Morgan fingerprint density at radius 2 is 1.89 bits per heavy atom. The second kappa shape index (κ2) is 9.11. The maximum atomic E-state index is 13.2. The van der Waals surface area contributed by atoms with Gasteiger partial charge in [-0.3, -0.25) is 4.79 Å². The third-order valence-corrected chi connectivity index (χ3v) is 5.08. The van der Waals surface area contributed by atoms with Gasteiger partial charge in [0.15, 0.2) is 5.60 Å². The summed E-state index contributed by atoms with van der Waals surface area (Å²) in [4.78, 5) is 14.5. The number of aryl methyl sites for hydroxylation is 1. The van der Waals surface area contributed by atoms with E-state index in [1.54, 1.807) is 11.0 Å². The van der Waals surface area contributed by atoms with Gasteiger partial charge < -0.3 is 15.3 Å². The summed E-state index contributed by atoms with van der Waals surface area (Å²) in [6.45, 7) is 1.94. The smallest absolute Gasteiger partial charge is 0.255 e. The number of carbonyl (C=O) groups is 1. The van der Waals surface area contributed by atoms with Gasteiger partial charge in [-0.2, -0.15) is 0 Å². The Hall–Kier alpha value is -2.24. The zero-order chi connectivity index (χ0) is 19.1. The highest BCUT2D eigenvalue weighted by Gasteiger charge is 2.41. The quantitative estimate of drug-likeness (QED) is 0.751. The average molecular weight is 370 g/mol. The first-order valence-electron chi connectivity index (χ1n) is 9.58. The molecule has 3 rings (SSSR count). The second-order valence-electron chi connectivity index (χ2n) is 7.25. The predicted octanol–water partition coefficient (Wildman–Crippen LogP) is 2.90. The van der Waals surface area contributed by atoms with Crippen molar-refractivity contribution in [2.75, 3.05) is 19.6 Å². The minimum atomic E-state index is -1.38. The molecule has 1 aliphatic heterocycles. The predicted molar refractivity (Wildman–Crippen MR) is 104 cm³/mol. The van der Waals surface area contributed by atoms with Gasteiger partial charge in [-0.05, 0) is 48.9 Å². The van der Waals surface area contributed by atoms with Crippen LogP contribution in [0.1, 0.15) is 30.4 Å². The molecule has 4 nitrogen and oxygen atoms in total. The van der Waals surface area contributed by atoms with Crippen LogP contribution in [-0.4, -0.2) is 41.1 Å². The third-order valence-electron chi connectivity index (χ3n) is 5.08. The number of hydrogen-bond donors (Lipinski definition) is 2. The van der Waals surface area contributed by atoms with Gasteiger partial charge in [0.2, 0.25) is 0 Å². The zero-order valence-corrected chi connectivity index (χ0v) is 15.5. The molecule has 1 fully saturated rings. The Bertz CT molecular complexity index is 753. The average Bonchev–Trinajstić information content (AvgIpc) is 2.66. The Labute approximate surface area is 160 Å². The van der Waals surface area contributed by atoms with Crippen LogP contribution < -0.4 is 5.32 Å². The van der Waals surface area contributed by atoms with Crippen molar-refractivity contribution in [1.82, 2.24) is 10.2 Å². The van der Waals surface area contributed by atoms with Crippen LogP contribution in [0.2, 0.25) is 0 Å². The summed E-state index contributed by atoms with van der Waals surface area (Å²) >= 11 is 0. The Kier molecular flexibility index (Phi) is 6.58. The van der Waals surface area contributed by atoms with Gasteiger partial charge in [0.05, 0.1) is 0 Å². The van der Waals surface area contributed by atoms with E-state index in [4.69, 9.17) is 0 Å². The summed E-state index contributed by atoms with van der Waals surface area (Å²) in [6.07, 6.45) is 3.04. The van der Waals surface area contributed by atoms with E-state index in [0.717, 1.165) is 24.8 Å². The standard InChI is InChI=1S/C22H27FN2O2/c23-20-11-4-9-19(15-20)16-24-17-22(27)12-6-14-25(21(22)26)13-5-10-18-7-2-1-3-8-18/h1-4,7-9,11,15,24,27H,5-6,10,12-14,16-17H2/t22-/m1/s1. The molecule has 1 aliphatic rings. The summed E-state index contributed by atoms with van der Waals surface area (Å²) in [6, 6.07) is 16.5. The van der Waals surface area contributed by atoms with E-state index in [-0.39, 0.29) is 18.3 Å². The molecule has 2 aromatic rings. The fourth-order valence-corrected chi connectivity index (χ4v) is 3.62. The van der Waals surface area contributed by atoms with Crippen molar-refractivity contribution in [2.45, 2.75) is 37.8 Å². The molecule has 0 unspecified atom stereocenters. The number of piperidine rings is 1. The molecule has 0 aliphatic carbocycles. The van der Waals surface area contributed by atoms with E-state index in [1.807, 2.05) is 24.3 Å². The molecule has 0 bridgehead atoms. The van der Waals surface area contributed by atoms with Crippen molar-refractivity contribution in [3.63, 3.8) is 0 Å². The van der Waals surface area contributed by atoms with E-state index in [1.165, 1.54) is 17.7 Å². The van der Waals surface area contributed by atoms with Gasteiger partial charge in [-0.15, -0.1) is 0 Å². The minimum Gasteiger partial charge on any atom is -0.379 e. The molecule has 1 amide bonds. The molecule has 0 spiro atoms. The van der Waals surface area contributed by atoms with Gasteiger partial charge in [0, 0.05) is 26.2 Å². The molecular weight excluding hydrogens is 343 g/mol. The molecule has 2 aromatic carbocycles. The van der Waals surface area contributed by atoms with Crippen LogP contribution in [0.3, 0.4) is 0 Å². The number of halogens is 1. The summed E-state index contributed by atoms with van der Waals surface area (Å²) in [5, 5.41) is 13.9. The van der Waals surface area contributed by atoms with Crippen LogP contribution in [0, 0.1) is 5.82 Å². The highest BCUT2D eigenvalue weighted by atomic mass is 19.1. The number of carbonyl (C=O) groups excluding carboxylic acids is 1. The van der Waals surface area contributed by atoms with E-state index in [9.17, 15) is 14.3 Å². The number of nitrogens with zero attached hydrogens (tertiary/aromatic N) is 1. The van der Waals surface area contributed by atoms with Crippen molar-refractivity contribution in [2.24, 2.45) is 0 Å². The number of rotatable bonds is 8. The molecular formula is C22H27FN2O2. The normalized spacial score (nSPS) is 20.1. The van der Waals surface area contributed by atoms with Crippen LogP contribution >= 0.6 is 0 Å². The van der Waals surface area contributed by atoms with Crippen molar-refractivity contribution in [1.29, 1.82) is 0 Å². The molecule has 1 heterocycles. The first-order valence-corrected chi connectivity index (χ1v) is 9.58.